The molecule has 10 atom stereocenters. The number of likely N-dealkylation sites (N-methyl/N-ethyl adjacent to an activating group) is 2. The molecule has 2 aromatic rings. The Bertz CT molecular complexity index is 2000. The highest BCUT2D eigenvalue weighted by Gasteiger charge is 2.92. The highest BCUT2D eigenvalue weighted by atomic mass is 33.5. The lowest BCUT2D eigenvalue weighted by Gasteiger charge is -2.58. The molecule has 262 valence electrons. The SMILES string of the molecule is CC(C)[C@]12SSS[C@]3(C(=O)N1C)[C@@H](O)C1(C45c6ccccc6N[C@H]4N4C(=O)[C@@]6(CO)SS[C@]4(C(=O)N6C)[C@H]5O)c4ccccc4N[C@@H]1N3C2=O. The number of aliphatic hydroxyl groups is 3. The maximum absolute atomic E-state index is 15.3. The third kappa shape index (κ3) is 2.77. The van der Waals surface area contributed by atoms with Gasteiger partial charge in [-0.3, -0.25) is 29.0 Å². The largest absolute Gasteiger partial charge is 0.392 e. The van der Waals surface area contributed by atoms with Crippen molar-refractivity contribution in [3.8, 4) is 0 Å². The molecule has 2 aromatic carbocycles. The molecule has 12 rings (SSSR count). The topological polar surface area (TPSA) is 166 Å². The third-order valence-corrected chi connectivity index (χ3v) is 21.6. The van der Waals surface area contributed by atoms with E-state index in [1.807, 2.05) is 56.3 Å². The molecule has 0 radical (unpaired) electrons. The van der Waals surface area contributed by atoms with Crippen molar-refractivity contribution < 1.29 is 34.5 Å². The molecule has 4 bridgehead atoms. The van der Waals surface area contributed by atoms with Crippen LogP contribution in [0.4, 0.5) is 11.4 Å². The van der Waals surface area contributed by atoms with Crippen LogP contribution in [-0.4, -0.2) is 123 Å². The van der Waals surface area contributed by atoms with E-state index in [1.165, 1.54) is 47.3 Å². The van der Waals surface area contributed by atoms with Crippen LogP contribution >= 0.6 is 53.0 Å². The molecule has 5 N–H and O–H groups in total. The summed E-state index contributed by atoms with van der Waals surface area (Å²) in [6, 6.07) is 14.6. The molecule has 18 heteroatoms. The summed E-state index contributed by atoms with van der Waals surface area (Å²) in [6.45, 7) is 3.14. The van der Waals surface area contributed by atoms with Gasteiger partial charge < -0.3 is 35.8 Å². The lowest BCUT2D eigenvalue weighted by atomic mass is 9.52. The van der Waals surface area contributed by atoms with Gasteiger partial charge in [0.1, 0.15) is 24.5 Å². The first kappa shape index (κ1) is 32.2. The van der Waals surface area contributed by atoms with Crippen LogP contribution in [-0.2, 0) is 30.0 Å². The first-order valence-electron chi connectivity index (χ1n) is 16.2. The lowest BCUT2D eigenvalue weighted by molar-refractivity contribution is -0.169. The van der Waals surface area contributed by atoms with Crippen molar-refractivity contribution in [1.82, 2.24) is 19.6 Å². The fourth-order valence-corrected chi connectivity index (χ4v) is 20.5. The molecule has 10 aliphatic heterocycles. The second-order valence-corrected chi connectivity index (χ2v) is 21.4. The summed E-state index contributed by atoms with van der Waals surface area (Å²) in [5.74, 6) is -2.23. The number of hydrogen-bond acceptors (Lipinski definition) is 14. The van der Waals surface area contributed by atoms with Crippen LogP contribution in [0.5, 0.6) is 0 Å². The van der Waals surface area contributed by atoms with Crippen molar-refractivity contribution in [2.24, 2.45) is 5.92 Å². The molecule has 50 heavy (non-hydrogen) atoms. The zero-order chi connectivity index (χ0) is 35.1. The number of benzene rings is 2. The Kier molecular flexibility index (Phi) is 6.16. The van der Waals surface area contributed by atoms with Gasteiger partial charge in [0.2, 0.25) is 14.6 Å². The number of aliphatic hydroxyl groups excluding tert-OH is 3. The number of para-hydroxylation sites is 2. The Morgan fingerprint density at radius 1 is 0.700 bits per heavy atom. The van der Waals surface area contributed by atoms with E-state index >= 15 is 9.59 Å². The van der Waals surface area contributed by atoms with Crippen LogP contribution in [0.25, 0.3) is 0 Å². The summed E-state index contributed by atoms with van der Waals surface area (Å²) in [5, 5.41) is 44.7. The molecular weight excluding hydrogens is 741 g/mol. The molecule has 2 unspecified atom stereocenters. The Labute approximate surface area is 306 Å². The van der Waals surface area contributed by atoms with Crippen molar-refractivity contribution >= 4 is 88.0 Å². The number of carbonyl (C=O) groups excluding carboxylic acids is 4. The van der Waals surface area contributed by atoms with Crippen LogP contribution < -0.4 is 10.6 Å². The van der Waals surface area contributed by atoms with Gasteiger partial charge in [0.25, 0.3) is 23.6 Å². The average Bonchev–Trinajstić information content (AvgIpc) is 3.70. The highest BCUT2D eigenvalue weighted by molar-refractivity contribution is 9.10. The minimum atomic E-state index is -1.88. The number of fused-ring (bicyclic) bond motifs is 12. The van der Waals surface area contributed by atoms with Crippen LogP contribution in [0.15, 0.2) is 48.5 Å². The summed E-state index contributed by atoms with van der Waals surface area (Å²) >= 11 is 0. The van der Waals surface area contributed by atoms with Crippen molar-refractivity contribution in [2.75, 3.05) is 31.3 Å². The predicted molar refractivity (Wildman–Crippen MR) is 193 cm³/mol. The number of nitrogens with one attached hydrogen (secondary N) is 2. The third-order valence-electron chi connectivity index (χ3n) is 12.7. The summed E-state index contributed by atoms with van der Waals surface area (Å²) < 4.78 is 0. The van der Waals surface area contributed by atoms with E-state index in [4.69, 9.17) is 0 Å². The molecule has 8 saturated heterocycles. The summed E-state index contributed by atoms with van der Waals surface area (Å²) in [5.41, 5.74) is -1.17. The van der Waals surface area contributed by atoms with Crippen molar-refractivity contribution in [3.63, 3.8) is 0 Å². The maximum Gasteiger partial charge on any atom is 0.265 e. The van der Waals surface area contributed by atoms with Crippen LogP contribution in [0.3, 0.4) is 0 Å². The molecule has 2 spiro atoms. The fraction of sp³-hybridized carbons (Fsp3) is 0.500. The molecular formula is C32H32N6O7S5. The van der Waals surface area contributed by atoms with E-state index in [9.17, 15) is 24.9 Å². The quantitative estimate of drug-likeness (QED) is 0.286. The van der Waals surface area contributed by atoms with E-state index in [2.05, 4.69) is 10.6 Å². The van der Waals surface area contributed by atoms with Gasteiger partial charge in [-0.2, -0.15) is 0 Å². The Morgan fingerprint density at radius 2 is 1.20 bits per heavy atom. The number of hydrogen-bond donors (Lipinski definition) is 5. The molecule has 0 aliphatic carbocycles. The van der Waals surface area contributed by atoms with Gasteiger partial charge in [-0.15, -0.1) is 0 Å². The number of nitrogens with zero attached hydrogens (tertiary/aromatic N) is 4. The van der Waals surface area contributed by atoms with E-state index in [0.717, 1.165) is 32.4 Å². The molecule has 13 nitrogen and oxygen atoms in total. The highest BCUT2D eigenvalue weighted by Crippen LogP contribution is 2.78. The monoisotopic (exact) mass is 772 g/mol. The van der Waals surface area contributed by atoms with Gasteiger partial charge in [-0.25, -0.2) is 0 Å². The van der Waals surface area contributed by atoms with Crippen molar-refractivity contribution in [3.05, 3.63) is 59.7 Å². The van der Waals surface area contributed by atoms with Crippen LogP contribution in [0, 0.1) is 5.92 Å². The molecule has 4 amide bonds. The first-order valence-corrected chi connectivity index (χ1v) is 21.8. The van der Waals surface area contributed by atoms with Crippen LogP contribution in [0.1, 0.15) is 25.0 Å². The zero-order valence-electron chi connectivity index (χ0n) is 27.0. The standard InChI is InChI=1S/C32H32N6O7S5/c1-14(2)30-26(45)38-22-29(16-10-6-8-12-18(16)34-22,20(41)32(38,49-50-48-30)25(44)36(30)4)28-15-9-5-7-11-17(15)33-21(28)37-23(42)27(13-39)35(3)24(43)31(37,19(28)40)47-46-27/h5-12,14,19-22,33-34,39-41H,13H2,1-4H3/t19-,20-,21-,22+,27+,28?,29?,30+,31-,32-/m0/s1. The maximum atomic E-state index is 15.3. The van der Waals surface area contributed by atoms with Gasteiger partial charge in [0.05, 0.1) is 17.4 Å². The smallest absolute Gasteiger partial charge is 0.265 e. The fourth-order valence-electron chi connectivity index (χ4n) is 10.5. The molecule has 0 aromatic heterocycles. The molecule has 10 aliphatic rings. The summed E-state index contributed by atoms with van der Waals surface area (Å²) in [6.07, 6.45) is -5.59. The first-order chi connectivity index (χ1) is 23.8. The molecule has 8 fully saturated rings. The summed E-state index contributed by atoms with van der Waals surface area (Å²) in [4.78, 5) is 58.8. The number of piperazine rings is 2. The van der Waals surface area contributed by atoms with Gasteiger partial charge in [0.15, 0.2) is 4.87 Å². The van der Waals surface area contributed by atoms with Crippen LogP contribution in [0.2, 0.25) is 0 Å². The normalized spacial score (nSPS) is 44.6. The van der Waals surface area contributed by atoms with Crippen molar-refractivity contribution in [2.45, 2.75) is 68.7 Å². The van der Waals surface area contributed by atoms with Gasteiger partial charge in [-0.05, 0) is 82.2 Å². The molecule has 10 heterocycles. The van der Waals surface area contributed by atoms with Crippen molar-refractivity contribution in [1.29, 1.82) is 0 Å². The Balaban J connectivity index is 1.34. The number of amides is 4. The average molecular weight is 773 g/mol. The predicted octanol–water partition coefficient (Wildman–Crippen LogP) is 1.59. The van der Waals surface area contributed by atoms with Gasteiger partial charge in [-0.1, -0.05) is 50.2 Å². The number of carbonyl (C=O) groups is 4. The zero-order valence-corrected chi connectivity index (χ0v) is 31.1. The number of rotatable bonds is 3. The lowest BCUT2D eigenvalue weighted by Crippen LogP contribution is -2.79. The van der Waals surface area contributed by atoms with E-state index in [-0.39, 0.29) is 11.8 Å². The molecule has 0 saturated carbocycles. The van der Waals surface area contributed by atoms with Gasteiger partial charge in [0, 0.05) is 25.5 Å². The second kappa shape index (κ2) is 9.55. The summed E-state index contributed by atoms with van der Waals surface area (Å²) in [7, 11) is 8.86. The van der Waals surface area contributed by atoms with E-state index in [0.29, 0.717) is 22.5 Å². The Morgan fingerprint density at radius 3 is 1.74 bits per heavy atom. The van der Waals surface area contributed by atoms with E-state index < -0.39 is 79.2 Å². The minimum Gasteiger partial charge on any atom is -0.392 e. The van der Waals surface area contributed by atoms with Gasteiger partial charge >= 0.3 is 0 Å². The second-order valence-electron chi connectivity index (χ2n) is 14.4. The van der Waals surface area contributed by atoms with E-state index in [1.54, 1.807) is 13.1 Å². The Hall–Kier alpha value is -2.45. The minimum absolute atomic E-state index is 0.317. The number of anilines is 2.